The Labute approximate surface area is 68.1 Å². The molecule has 0 saturated carbocycles. The highest BCUT2D eigenvalue weighted by molar-refractivity contribution is 5.75. The van der Waals surface area contributed by atoms with Crippen LogP contribution < -0.4 is 11.1 Å². The lowest BCUT2D eigenvalue weighted by atomic mass is 10.3. The lowest BCUT2D eigenvalue weighted by molar-refractivity contribution is -0.138. The van der Waals surface area contributed by atoms with E-state index >= 15 is 0 Å². The molecule has 0 aromatic carbocycles. The highest BCUT2D eigenvalue weighted by Gasteiger charge is 2.27. The predicted molar refractivity (Wildman–Crippen MR) is 37.4 cm³/mol. The van der Waals surface area contributed by atoms with Crippen molar-refractivity contribution in [1.82, 2.24) is 5.32 Å². The summed E-state index contributed by atoms with van der Waals surface area (Å²) in [6.07, 6.45) is -3.88. The van der Waals surface area contributed by atoms with Gasteiger partial charge in [0.1, 0.15) is 6.54 Å². The van der Waals surface area contributed by atoms with Crippen molar-refractivity contribution >= 4 is 5.91 Å². The van der Waals surface area contributed by atoms with Crippen LogP contribution in [0.15, 0.2) is 0 Å². The van der Waals surface area contributed by atoms with E-state index in [1.54, 1.807) is 5.32 Å². The second-order valence-electron chi connectivity index (χ2n) is 2.28. The smallest absolute Gasteiger partial charge is 0.347 e. The maximum atomic E-state index is 11.5. The van der Waals surface area contributed by atoms with E-state index in [1.807, 2.05) is 0 Å². The molecular formula is C6H11F3N2O. The van der Waals surface area contributed by atoms with E-state index in [-0.39, 0.29) is 6.42 Å². The molecule has 0 atom stereocenters. The topological polar surface area (TPSA) is 55.1 Å². The molecule has 0 aliphatic heterocycles. The Morgan fingerprint density at radius 3 is 2.42 bits per heavy atom. The Hall–Kier alpha value is -0.780. The number of rotatable bonds is 4. The highest BCUT2D eigenvalue weighted by atomic mass is 19.4. The molecule has 3 N–H and O–H groups in total. The lowest BCUT2D eigenvalue weighted by Gasteiger charge is -2.07. The number of carbonyl (C=O) groups excluding carboxylic acids is 1. The zero-order valence-electron chi connectivity index (χ0n) is 6.45. The molecule has 0 heterocycles. The van der Waals surface area contributed by atoms with Crippen molar-refractivity contribution in [3.8, 4) is 0 Å². The van der Waals surface area contributed by atoms with Gasteiger partial charge in [-0.3, -0.25) is 4.79 Å². The molecule has 0 unspecified atom stereocenters. The molecule has 0 radical (unpaired) electrons. The quantitative estimate of drug-likeness (QED) is 0.664. The summed E-state index contributed by atoms with van der Waals surface area (Å²) in [4.78, 5) is 10.6. The minimum atomic E-state index is -4.33. The van der Waals surface area contributed by atoms with Gasteiger partial charge >= 0.3 is 6.18 Å². The van der Waals surface area contributed by atoms with Gasteiger partial charge in [-0.2, -0.15) is 13.2 Å². The second-order valence-corrected chi connectivity index (χ2v) is 2.28. The fraction of sp³-hybridized carbons (Fsp3) is 0.833. The third kappa shape index (κ3) is 7.33. The van der Waals surface area contributed by atoms with Crippen LogP contribution in [-0.2, 0) is 4.79 Å². The first-order chi connectivity index (χ1) is 5.45. The number of alkyl halides is 3. The first kappa shape index (κ1) is 11.2. The minimum absolute atomic E-state index is 0.0482. The molecule has 0 bridgehead atoms. The Balaban J connectivity index is 3.44. The maximum absolute atomic E-state index is 11.5. The average Bonchev–Trinajstić information content (AvgIpc) is 1.95. The van der Waals surface area contributed by atoms with Crippen LogP contribution >= 0.6 is 0 Å². The van der Waals surface area contributed by atoms with E-state index in [0.29, 0.717) is 13.0 Å². The van der Waals surface area contributed by atoms with Crippen molar-refractivity contribution in [2.24, 2.45) is 5.73 Å². The molecule has 0 aromatic rings. The van der Waals surface area contributed by atoms with E-state index in [4.69, 9.17) is 5.73 Å². The molecule has 0 spiro atoms. The Morgan fingerprint density at radius 2 is 2.00 bits per heavy atom. The van der Waals surface area contributed by atoms with Gasteiger partial charge in [0.25, 0.3) is 0 Å². The molecule has 0 rings (SSSR count). The largest absolute Gasteiger partial charge is 0.405 e. The molecule has 6 heteroatoms. The minimum Gasteiger partial charge on any atom is -0.347 e. The normalized spacial score (nSPS) is 11.3. The summed E-state index contributed by atoms with van der Waals surface area (Å²) in [7, 11) is 0. The number of carbonyl (C=O) groups is 1. The number of hydrogen-bond donors (Lipinski definition) is 2. The number of hydrogen-bond acceptors (Lipinski definition) is 2. The van der Waals surface area contributed by atoms with E-state index in [9.17, 15) is 18.0 Å². The van der Waals surface area contributed by atoms with Crippen LogP contribution in [0.5, 0.6) is 0 Å². The zero-order chi connectivity index (χ0) is 9.61. The summed E-state index contributed by atoms with van der Waals surface area (Å²) < 4.78 is 34.5. The molecule has 0 saturated heterocycles. The summed E-state index contributed by atoms with van der Waals surface area (Å²) in [6.45, 7) is -0.962. The van der Waals surface area contributed by atoms with Crippen LogP contribution in [0.1, 0.15) is 12.8 Å². The van der Waals surface area contributed by atoms with Crippen molar-refractivity contribution in [3.05, 3.63) is 0 Å². The summed E-state index contributed by atoms with van der Waals surface area (Å²) in [5, 5.41) is 1.74. The van der Waals surface area contributed by atoms with Gasteiger partial charge in [0.2, 0.25) is 5.91 Å². The van der Waals surface area contributed by atoms with Crippen molar-refractivity contribution in [2.75, 3.05) is 13.1 Å². The van der Waals surface area contributed by atoms with Gasteiger partial charge in [-0.05, 0) is 13.0 Å². The SMILES string of the molecule is NCCCC(=O)NCC(F)(F)F. The van der Waals surface area contributed by atoms with Crippen molar-refractivity contribution < 1.29 is 18.0 Å². The molecular weight excluding hydrogens is 173 g/mol. The van der Waals surface area contributed by atoms with Crippen LogP contribution in [0.2, 0.25) is 0 Å². The number of nitrogens with two attached hydrogens (primary N) is 1. The molecule has 0 fully saturated rings. The number of amides is 1. The summed E-state index contributed by atoms with van der Waals surface area (Å²) in [5.74, 6) is -0.613. The fourth-order valence-electron chi connectivity index (χ4n) is 0.550. The maximum Gasteiger partial charge on any atom is 0.405 e. The van der Waals surface area contributed by atoms with E-state index < -0.39 is 18.6 Å². The van der Waals surface area contributed by atoms with Crippen molar-refractivity contribution in [3.63, 3.8) is 0 Å². The molecule has 1 amide bonds. The molecule has 72 valence electrons. The summed E-state index contributed by atoms with van der Waals surface area (Å²) in [5.41, 5.74) is 5.06. The Morgan fingerprint density at radius 1 is 1.42 bits per heavy atom. The third-order valence-corrected chi connectivity index (χ3v) is 1.09. The van der Waals surface area contributed by atoms with Crippen LogP contribution in [0.25, 0.3) is 0 Å². The van der Waals surface area contributed by atoms with E-state index in [2.05, 4.69) is 0 Å². The van der Waals surface area contributed by atoms with Crippen molar-refractivity contribution in [2.45, 2.75) is 19.0 Å². The molecule has 0 aromatic heterocycles. The number of nitrogens with one attached hydrogen (secondary N) is 1. The zero-order valence-corrected chi connectivity index (χ0v) is 6.45. The highest BCUT2D eigenvalue weighted by Crippen LogP contribution is 2.12. The van der Waals surface area contributed by atoms with Gasteiger partial charge in [0.15, 0.2) is 0 Å². The van der Waals surface area contributed by atoms with Crippen LogP contribution in [0.4, 0.5) is 13.2 Å². The van der Waals surface area contributed by atoms with Crippen molar-refractivity contribution in [1.29, 1.82) is 0 Å². The summed E-state index contributed by atoms with van der Waals surface area (Å²) in [6, 6.07) is 0. The van der Waals surface area contributed by atoms with Gasteiger partial charge in [-0.1, -0.05) is 0 Å². The average molecular weight is 184 g/mol. The summed E-state index contributed by atoms with van der Waals surface area (Å²) >= 11 is 0. The molecule has 12 heavy (non-hydrogen) atoms. The van der Waals surface area contributed by atoms with Gasteiger partial charge in [-0.15, -0.1) is 0 Å². The van der Waals surface area contributed by atoms with E-state index in [0.717, 1.165) is 0 Å². The van der Waals surface area contributed by atoms with Crippen LogP contribution in [0.3, 0.4) is 0 Å². The second kappa shape index (κ2) is 4.97. The van der Waals surface area contributed by atoms with Crippen LogP contribution in [-0.4, -0.2) is 25.2 Å². The van der Waals surface area contributed by atoms with Gasteiger partial charge in [0.05, 0.1) is 0 Å². The first-order valence-electron chi connectivity index (χ1n) is 3.49. The Bertz CT molecular complexity index is 146. The molecule has 3 nitrogen and oxygen atoms in total. The standard InChI is InChI=1S/C6H11F3N2O/c7-6(8,9)4-11-5(12)2-1-3-10/h1-4,10H2,(H,11,12). The van der Waals surface area contributed by atoms with E-state index in [1.165, 1.54) is 0 Å². The molecule has 0 aliphatic carbocycles. The first-order valence-corrected chi connectivity index (χ1v) is 3.49. The fourth-order valence-corrected chi connectivity index (χ4v) is 0.550. The monoisotopic (exact) mass is 184 g/mol. The van der Waals surface area contributed by atoms with Gasteiger partial charge in [0, 0.05) is 6.42 Å². The van der Waals surface area contributed by atoms with Gasteiger partial charge in [-0.25, -0.2) is 0 Å². The Kier molecular flexibility index (Phi) is 4.65. The third-order valence-electron chi connectivity index (χ3n) is 1.09. The lowest BCUT2D eigenvalue weighted by Crippen LogP contribution is -2.33. The van der Waals surface area contributed by atoms with Crippen LogP contribution in [0, 0.1) is 0 Å². The molecule has 0 aliphatic rings. The van der Waals surface area contributed by atoms with Gasteiger partial charge < -0.3 is 11.1 Å². The number of halogens is 3. The predicted octanol–water partition coefficient (Wildman–Crippen LogP) is 0.404.